The van der Waals surface area contributed by atoms with Crippen molar-refractivity contribution in [2.24, 2.45) is 0 Å². The molecule has 1 saturated carbocycles. The molecular formula is C21H29N3O. The molecule has 2 aliphatic rings. The van der Waals surface area contributed by atoms with Gasteiger partial charge in [0.05, 0.1) is 24.9 Å². The Labute approximate surface area is 150 Å². The molecule has 1 aliphatic carbocycles. The van der Waals surface area contributed by atoms with Crippen LogP contribution < -0.4 is 0 Å². The molecule has 0 atom stereocenters. The van der Waals surface area contributed by atoms with E-state index in [1.54, 1.807) is 0 Å². The monoisotopic (exact) mass is 339 g/mol. The lowest BCUT2D eigenvalue weighted by Gasteiger charge is -2.28. The largest absolute Gasteiger partial charge is 0.374 e. The van der Waals surface area contributed by atoms with E-state index >= 15 is 0 Å². The Balaban J connectivity index is 1.37. The maximum absolute atomic E-state index is 6.01. The van der Waals surface area contributed by atoms with Gasteiger partial charge < -0.3 is 9.64 Å². The normalized spacial score (nSPS) is 20.4. The summed E-state index contributed by atoms with van der Waals surface area (Å²) < 4.78 is 8.17. The third kappa shape index (κ3) is 4.13. The fourth-order valence-electron chi connectivity index (χ4n) is 4.01. The van der Waals surface area contributed by atoms with Gasteiger partial charge in [-0.2, -0.15) is 5.10 Å². The van der Waals surface area contributed by atoms with Gasteiger partial charge in [-0.05, 0) is 56.9 Å². The Bertz CT molecular complexity index is 665. The van der Waals surface area contributed by atoms with Crippen LogP contribution in [0.4, 0.5) is 0 Å². The number of ether oxygens (including phenoxy) is 1. The maximum Gasteiger partial charge on any atom is 0.0720 e. The molecule has 0 spiro atoms. The standard InChI is InChI=1S/C21H29N3O/c1-23-12-10-20(11-13-23)24-15-19(14-22-24)18-8-6-17(7-9-18)16-25-21-4-2-3-5-21/h6-9,14-15,20-21H,2-5,10-13,16H2,1H3. The van der Waals surface area contributed by atoms with Crippen LogP contribution in [-0.4, -0.2) is 40.9 Å². The molecule has 0 radical (unpaired) electrons. The molecule has 4 nitrogen and oxygen atoms in total. The number of nitrogens with zero attached hydrogens (tertiary/aromatic N) is 3. The first-order valence-corrected chi connectivity index (χ1v) is 9.71. The van der Waals surface area contributed by atoms with E-state index < -0.39 is 0 Å². The van der Waals surface area contributed by atoms with Crippen molar-refractivity contribution in [3.63, 3.8) is 0 Å². The second-order valence-electron chi connectivity index (χ2n) is 7.66. The SMILES string of the molecule is CN1CCC(n2cc(-c3ccc(COC4CCCC4)cc3)cn2)CC1. The zero-order valence-corrected chi connectivity index (χ0v) is 15.2. The summed E-state index contributed by atoms with van der Waals surface area (Å²) in [6.07, 6.45) is 12.2. The van der Waals surface area contributed by atoms with Crippen LogP contribution >= 0.6 is 0 Å². The Kier molecular flexibility index (Phi) is 5.18. The number of hydrogen-bond acceptors (Lipinski definition) is 3. The summed E-state index contributed by atoms with van der Waals surface area (Å²) in [5.74, 6) is 0. The maximum atomic E-state index is 6.01. The lowest BCUT2D eigenvalue weighted by molar-refractivity contribution is 0.0457. The van der Waals surface area contributed by atoms with Crippen molar-refractivity contribution in [3.05, 3.63) is 42.2 Å². The molecule has 1 aromatic heterocycles. The third-order valence-electron chi connectivity index (χ3n) is 5.74. The molecule has 0 bridgehead atoms. The molecule has 25 heavy (non-hydrogen) atoms. The first-order valence-electron chi connectivity index (χ1n) is 9.71. The van der Waals surface area contributed by atoms with Gasteiger partial charge in [-0.3, -0.25) is 4.68 Å². The van der Waals surface area contributed by atoms with E-state index in [1.165, 1.54) is 55.2 Å². The highest BCUT2D eigenvalue weighted by Gasteiger charge is 2.19. The molecule has 2 heterocycles. The van der Waals surface area contributed by atoms with Gasteiger partial charge in [0.2, 0.25) is 0 Å². The van der Waals surface area contributed by atoms with Gasteiger partial charge in [-0.15, -0.1) is 0 Å². The van der Waals surface area contributed by atoms with Crippen LogP contribution in [0, 0.1) is 0 Å². The summed E-state index contributed by atoms with van der Waals surface area (Å²) in [4.78, 5) is 2.40. The van der Waals surface area contributed by atoms with E-state index in [1.807, 2.05) is 6.20 Å². The molecule has 0 amide bonds. The van der Waals surface area contributed by atoms with E-state index in [0.717, 1.165) is 19.7 Å². The van der Waals surface area contributed by atoms with Crippen LogP contribution in [0.25, 0.3) is 11.1 Å². The van der Waals surface area contributed by atoms with Crippen molar-refractivity contribution in [1.29, 1.82) is 0 Å². The summed E-state index contributed by atoms with van der Waals surface area (Å²) in [6, 6.07) is 9.32. The van der Waals surface area contributed by atoms with Crippen LogP contribution in [-0.2, 0) is 11.3 Å². The minimum absolute atomic E-state index is 0.479. The Morgan fingerprint density at radius 2 is 1.72 bits per heavy atom. The summed E-state index contributed by atoms with van der Waals surface area (Å²) in [6.45, 7) is 3.06. The van der Waals surface area contributed by atoms with Crippen LogP contribution in [0.3, 0.4) is 0 Å². The molecule has 2 aromatic rings. The van der Waals surface area contributed by atoms with E-state index in [4.69, 9.17) is 4.74 Å². The Morgan fingerprint density at radius 3 is 2.44 bits per heavy atom. The highest BCUT2D eigenvalue weighted by molar-refractivity contribution is 5.61. The summed E-state index contributed by atoms with van der Waals surface area (Å²) in [7, 11) is 2.20. The molecule has 4 heteroatoms. The highest BCUT2D eigenvalue weighted by atomic mass is 16.5. The fourth-order valence-corrected chi connectivity index (χ4v) is 4.01. The van der Waals surface area contributed by atoms with Gasteiger partial charge in [-0.1, -0.05) is 37.1 Å². The van der Waals surface area contributed by atoms with Crippen LogP contribution in [0.1, 0.15) is 50.1 Å². The van der Waals surface area contributed by atoms with E-state index in [0.29, 0.717) is 12.1 Å². The van der Waals surface area contributed by atoms with Gasteiger partial charge in [0, 0.05) is 11.8 Å². The average Bonchev–Trinajstić information content (AvgIpc) is 3.33. The van der Waals surface area contributed by atoms with E-state index in [9.17, 15) is 0 Å². The van der Waals surface area contributed by atoms with Gasteiger partial charge in [0.15, 0.2) is 0 Å². The predicted molar refractivity (Wildman–Crippen MR) is 100 cm³/mol. The minimum atomic E-state index is 0.479. The van der Waals surface area contributed by atoms with Crippen molar-refractivity contribution in [1.82, 2.24) is 14.7 Å². The zero-order chi connectivity index (χ0) is 17.1. The van der Waals surface area contributed by atoms with Crippen LogP contribution in [0.5, 0.6) is 0 Å². The number of piperidine rings is 1. The summed E-state index contributed by atoms with van der Waals surface area (Å²) >= 11 is 0. The lowest BCUT2D eigenvalue weighted by Crippen LogP contribution is -2.31. The van der Waals surface area contributed by atoms with Gasteiger partial charge in [0.1, 0.15) is 0 Å². The Morgan fingerprint density at radius 1 is 1.00 bits per heavy atom. The second kappa shape index (κ2) is 7.71. The van der Waals surface area contributed by atoms with Gasteiger partial charge >= 0.3 is 0 Å². The number of benzene rings is 1. The van der Waals surface area contributed by atoms with Crippen molar-refractivity contribution in [2.75, 3.05) is 20.1 Å². The smallest absolute Gasteiger partial charge is 0.0720 e. The first-order chi connectivity index (χ1) is 12.3. The molecule has 134 valence electrons. The first kappa shape index (κ1) is 16.8. The molecule has 0 unspecified atom stereocenters. The minimum Gasteiger partial charge on any atom is -0.374 e. The molecular weight excluding hydrogens is 310 g/mol. The van der Waals surface area contributed by atoms with Crippen LogP contribution in [0.15, 0.2) is 36.7 Å². The van der Waals surface area contributed by atoms with Crippen molar-refractivity contribution in [2.45, 2.75) is 57.3 Å². The molecule has 4 rings (SSSR count). The molecule has 1 saturated heterocycles. The average molecular weight is 339 g/mol. The van der Waals surface area contributed by atoms with Crippen LogP contribution in [0.2, 0.25) is 0 Å². The predicted octanol–water partition coefficient (Wildman–Crippen LogP) is 4.28. The van der Waals surface area contributed by atoms with Crippen molar-refractivity contribution >= 4 is 0 Å². The number of aromatic nitrogens is 2. The number of rotatable bonds is 5. The van der Waals surface area contributed by atoms with Crippen molar-refractivity contribution in [3.8, 4) is 11.1 Å². The number of hydrogen-bond donors (Lipinski definition) is 0. The van der Waals surface area contributed by atoms with Crippen molar-refractivity contribution < 1.29 is 4.74 Å². The third-order valence-corrected chi connectivity index (χ3v) is 5.74. The quantitative estimate of drug-likeness (QED) is 0.815. The second-order valence-corrected chi connectivity index (χ2v) is 7.66. The summed E-state index contributed by atoms with van der Waals surface area (Å²) in [5.41, 5.74) is 3.71. The van der Waals surface area contributed by atoms with E-state index in [-0.39, 0.29) is 0 Å². The molecule has 2 fully saturated rings. The zero-order valence-electron chi connectivity index (χ0n) is 15.2. The highest BCUT2D eigenvalue weighted by Crippen LogP contribution is 2.26. The van der Waals surface area contributed by atoms with E-state index in [2.05, 4.69) is 52.2 Å². The number of likely N-dealkylation sites (tertiary alicyclic amines) is 1. The lowest BCUT2D eigenvalue weighted by atomic mass is 10.1. The molecule has 1 aliphatic heterocycles. The van der Waals surface area contributed by atoms with Gasteiger partial charge in [-0.25, -0.2) is 0 Å². The molecule has 0 N–H and O–H groups in total. The Hall–Kier alpha value is -1.65. The summed E-state index contributed by atoms with van der Waals surface area (Å²) in [5, 5.41) is 4.63. The van der Waals surface area contributed by atoms with Gasteiger partial charge in [0.25, 0.3) is 0 Å². The topological polar surface area (TPSA) is 30.3 Å². The molecule has 1 aromatic carbocycles. The fraction of sp³-hybridized carbons (Fsp3) is 0.571.